The number of rotatable bonds is 4. The van der Waals surface area contributed by atoms with Gasteiger partial charge in [-0.15, -0.1) is 0 Å². The van der Waals surface area contributed by atoms with E-state index in [1.54, 1.807) is 0 Å². The number of aromatic nitrogens is 3. The Morgan fingerprint density at radius 1 is 1.17 bits per heavy atom. The van der Waals surface area contributed by atoms with Crippen LogP contribution in [0.4, 0.5) is 0 Å². The SMILES string of the molecule is Cn1c(=O)[nH]cc(C(=O)NCCc2c[nH]c3ccccc23)c1=O. The van der Waals surface area contributed by atoms with E-state index in [0.717, 1.165) is 27.2 Å². The number of hydrogen-bond acceptors (Lipinski definition) is 3. The predicted molar refractivity (Wildman–Crippen MR) is 86.6 cm³/mol. The summed E-state index contributed by atoms with van der Waals surface area (Å²) in [4.78, 5) is 40.8. The summed E-state index contributed by atoms with van der Waals surface area (Å²) in [6, 6.07) is 7.92. The maximum absolute atomic E-state index is 12.1. The van der Waals surface area contributed by atoms with Crippen molar-refractivity contribution in [1.29, 1.82) is 0 Å². The Balaban J connectivity index is 1.69. The third-order valence-electron chi connectivity index (χ3n) is 3.78. The highest BCUT2D eigenvalue weighted by molar-refractivity contribution is 5.93. The van der Waals surface area contributed by atoms with Crippen LogP contribution in [0.2, 0.25) is 0 Å². The lowest BCUT2D eigenvalue weighted by Gasteiger charge is -2.05. The Kier molecular flexibility index (Phi) is 3.84. The first kappa shape index (κ1) is 14.8. The lowest BCUT2D eigenvalue weighted by atomic mass is 10.1. The molecule has 0 aliphatic rings. The molecule has 0 aliphatic heterocycles. The average molecular weight is 312 g/mol. The molecule has 0 spiro atoms. The quantitative estimate of drug-likeness (QED) is 0.655. The fraction of sp³-hybridized carbons (Fsp3) is 0.188. The highest BCUT2D eigenvalue weighted by Crippen LogP contribution is 2.17. The van der Waals surface area contributed by atoms with E-state index in [0.29, 0.717) is 13.0 Å². The number of nitrogens with one attached hydrogen (secondary N) is 3. The zero-order valence-corrected chi connectivity index (χ0v) is 12.6. The van der Waals surface area contributed by atoms with E-state index in [2.05, 4.69) is 15.3 Å². The normalized spacial score (nSPS) is 10.8. The maximum Gasteiger partial charge on any atom is 0.328 e. The number of fused-ring (bicyclic) bond motifs is 1. The Bertz CT molecular complexity index is 981. The molecule has 0 bridgehead atoms. The van der Waals surface area contributed by atoms with Crippen molar-refractivity contribution >= 4 is 16.8 Å². The van der Waals surface area contributed by atoms with Gasteiger partial charge in [-0.3, -0.25) is 14.2 Å². The monoisotopic (exact) mass is 312 g/mol. The van der Waals surface area contributed by atoms with Crippen LogP contribution in [-0.2, 0) is 13.5 Å². The number of para-hydroxylation sites is 1. The molecular weight excluding hydrogens is 296 g/mol. The Morgan fingerprint density at radius 2 is 1.96 bits per heavy atom. The molecule has 3 N–H and O–H groups in total. The summed E-state index contributed by atoms with van der Waals surface area (Å²) in [6.07, 6.45) is 3.70. The van der Waals surface area contributed by atoms with Gasteiger partial charge in [0.25, 0.3) is 11.5 Å². The van der Waals surface area contributed by atoms with Crippen molar-refractivity contribution in [3.8, 4) is 0 Å². The zero-order chi connectivity index (χ0) is 16.4. The molecule has 23 heavy (non-hydrogen) atoms. The number of amides is 1. The first-order valence-corrected chi connectivity index (χ1v) is 7.20. The molecular formula is C16H16N4O3. The molecule has 0 radical (unpaired) electrons. The molecule has 7 nitrogen and oxygen atoms in total. The summed E-state index contributed by atoms with van der Waals surface area (Å²) in [5.41, 5.74) is 0.897. The van der Waals surface area contributed by atoms with Crippen LogP contribution in [0.15, 0.2) is 46.2 Å². The second-order valence-corrected chi connectivity index (χ2v) is 5.24. The molecule has 2 aromatic heterocycles. The van der Waals surface area contributed by atoms with Crippen molar-refractivity contribution in [2.45, 2.75) is 6.42 Å². The van der Waals surface area contributed by atoms with E-state index < -0.39 is 17.2 Å². The molecule has 0 unspecified atom stereocenters. The molecule has 7 heteroatoms. The molecule has 3 rings (SSSR count). The minimum Gasteiger partial charge on any atom is -0.361 e. The van der Waals surface area contributed by atoms with E-state index in [4.69, 9.17) is 0 Å². The van der Waals surface area contributed by atoms with Crippen LogP contribution in [0.3, 0.4) is 0 Å². The van der Waals surface area contributed by atoms with Gasteiger partial charge in [-0.2, -0.15) is 0 Å². The lowest BCUT2D eigenvalue weighted by molar-refractivity contribution is 0.0951. The number of nitrogens with zero attached hydrogens (tertiary/aromatic N) is 1. The van der Waals surface area contributed by atoms with E-state index in [1.807, 2.05) is 30.5 Å². The molecule has 1 aromatic carbocycles. The molecule has 0 atom stereocenters. The van der Waals surface area contributed by atoms with E-state index in [1.165, 1.54) is 7.05 Å². The van der Waals surface area contributed by atoms with Crippen LogP contribution >= 0.6 is 0 Å². The summed E-state index contributed by atoms with van der Waals surface area (Å²) in [5, 5.41) is 3.81. The van der Waals surface area contributed by atoms with Crippen molar-refractivity contribution < 1.29 is 4.79 Å². The summed E-state index contributed by atoms with van der Waals surface area (Å²) in [6.45, 7) is 0.392. The molecule has 0 fully saturated rings. The third kappa shape index (κ3) is 2.80. The van der Waals surface area contributed by atoms with Gasteiger partial charge < -0.3 is 15.3 Å². The highest BCUT2D eigenvalue weighted by Gasteiger charge is 2.12. The average Bonchev–Trinajstić information content (AvgIpc) is 2.96. The number of carbonyl (C=O) groups is 1. The molecule has 0 saturated heterocycles. The van der Waals surface area contributed by atoms with Crippen molar-refractivity contribution in [1.82, 2.24) is 19.9 Å². The number of H-pyrrole nitrogens is 2. The van der Waals surface area contributed by atoms with Crippen molar-refractivity contribution in [2.75, 3.05) is 6.54 Å². The summed E-state index contributed by atoms with van der Waals surface area (Å²) in [5.74, 6) is -0.498. The van der Waals surface area contributed by atoms with Gasteiger partial charge in [0.15, 0.2) is 0 Å². The van der Waals surface area contributed by atoms with E-state index in [-0.39, 0.29) is 5.56 Å². The topological polar surface area (TPSA) is 99.8 Å². The fourth-order valence-corrected chi connectivity index (χ4v) is 2.47. The van der Waals surface area contributed by atoms with Crippen LogP contribution in [0.25, 0.3) is 10.9 Å². The van der Waals surface area contributed by atoms with Crippen LogP contribution in [0, 0.1) is 0 Å². The number of hydrogen-bond donors (Lipinski definition) is 3. The van der Waals surface area contributed by atoms with Crippen molar-refractivity contribution in [2.24, 2.45) is 7.05 Å². The summed E-state index contributed by atoms with van der Waals surface area (Å²) in [7, 11) is 1.32. The summed E-state index contributed by atoms with van der Waals surface area (Å²) < 4.78 is 0.870. The first-order valence-electron chi connectivity index (χ1n) is 7.20. The molecule has 0 aliphatic carbocycles. The van der Waals surface area contributed by atoms with Crippen LogP contribution in [-0.4, -0.2) is 27.0 Å². The molecule has 2 heterocycles. The number of benzene rings is 1. The van der Waals surface area contributed by atoms with Gasteiger partial charge in [0.2, 0.25) is 0 Å². The van der Waals surface area contributed by atoms with Gasteiger partial charge in [-0.1, -0.05) is 18.2 Å². The molecule has 0 saturated carbocycles. The minimum atomic E-state index is -0.613. The molecule has 118 valence electrons. The number of aromatic amines is 2. The van der Waals surface area contributed by atoms with E-state index in [9.17, 15) is 14.4 Å². The number of carbonyl (C=O) groups excluding carboxylic acids is 1. The highest BCUT2D eigenvalue weighted by atomic mass is 16.2. The summed E-state index contributed by atoms with van der Waals surface area (Å²) >= 11 is 0. The largest absolute Gasteiger partial charge is 0.361 e. The van der Waals surface area contributed by atoms with E-state index >= 15 is 0 Å². The third-order valence-corrected chi connectivity index (χ3v) is 3.78. The van der Waals surface area contributed by atoms with Crippen molar-refractivity contribution in [3.63, 3.8) is 0 Å². The van der Waals surface area contributed by atoms with Gasteiger partial charge in [-0.25, -0.2) is 4.79 Å². The van der Waals surface area contributed by atoms with Gasteiger partial charge in [-0.05, 0) is 18.1 Å². The standard InChI is InChI=1S/C16H16N4O3/c1-20-15(22)12(9-19-16(20)23)14(21)17-7-6-10-8-18-13-5-3-2-4-11(10)13/h2-5,8-9,18H,6-7H2,1H3,(H,17,21)(H,19,23). The predicted octanol–water partition coefficient (Wildman–Crippen LogP) is 0.527. The van der Waals surface area contributed by atoms with Crippen molar-refractivity contribution in [3.05, 3.63) is 68.6 Å². The Hall–Kier alpha value is -3.09. The first-order chi connectivity index (χ1) is 11.1. The molecule has 1 amide bonds. The fourth-order valence-electron chi connectivity index (χ4n) is 2.47. The van der Waals surface area contributed by atoms with Gasteiger partial charge >= 0.3 is 5.69 Å². The van der Waals surface area contributed by atoms with Gasteiger partial charge in [0.1, 0.15) is 5.56 Å². The zero-order valence-electron chi connectivity index (χ0n) is 12.6. The Labute approximate surface area is 131 Å². The maximum atomic E-state index is 12.1. The smallest absolute Gasteiger partial charge is 0.328 e. The van der Waals surface area contributed by atoms with Crippen LogP contribution in [0.1, 0.15) is 15.9 Å². The Morgan fingerprint density at radius 3 is 2.78 bits per heavy atom. The van der Waals surface area contributed by atoms with Gasteiger partial charge in [0.05, 0.1) is 0 Å². The second kappa shape index (κ2) is 5.96. The van der Waals surface area contributed by atoms with Crippen LogP contribution in [0.5, 0.6) is 0 Å². The molecule has 3 aromatic rings. The minimum absolute atomic E-state index is 0.0778. The lowest BCUT2D eigenvalue weighted by Crippen LogP contribution is -2.39. The second-order valence-electron chi connectivity index (χ2n) is 5.24. The van der Waals surface area contributed by atoms with Gasteiger partial charge in [0, 0.05) is 36.9 Å². The van der Waals surface area contributed by atoms with Crippen LogP contribution < -0.4 is 16.6 Å².